The van der Waals surface area contributed by atoms with Gasteiger partial charge in [-0.1, -0.05) is 23.5 Å². The van der Waals surface area contributed by atoms with Crippen LogP contribution < -0.4 is 10.2 Å². The van der Waals surface area contributed by atoms with E-state index < -0.39 is 9.84 Å². The van der Waals surface area contributed by atoms with Gasteiger partial charge in [-0.25, -0.2) is 18.2 Å². The van der Waals surface area contributed by atoms with Crippen LogP contribution in [0.15, 0.2) is 24.3 Å². The standard InChI is InChI=1S/C16H20N4O3S2/c21-15(17-12-5-10-25(22,23)11-12)19-6-8-20(9-7-19)16-18-13-3-1-2-4-14(13)24-16/h1-4,12H,5-11H2,(H,17,21). The topological polar surface area (TPSA) is 82.6 Å². The fourth-order valence-electron chi connectivity index (χ4n) is 3.27. The first-order valence-corrected chi connectivity index (χ1v) is 11.0. The van der Waals surface area contributed by atoms with Crippen LogP contribution in [-0.4, -0.2) is 68.1 Å². The zero-order valence-electron chi connectivity index (χ0n) is 13.7. The second-order valence-electron chi connectivity index (χ2n) is 6.49. The number of carbonyl (C=O) groups excluding carboxylic acids is 1. The van der Waals surface area contributed by atoms with E-state index in [1.54, 1.807) is 16.2 Å². The first-order valence-electron chi connectivity index (χ1n) is 8.36. The molecule has 2 amide bonds. The Kier molecular flexibility index (Phi) is 4.28. The van der Waals surface area contributed by atoms with Gasteiger partial charge in [0.05, 0.1) is 21.7 Å². The van der Waals surface area contributed by atoms with Gasteiger partial charge in [0.1, 0.15) is 0 Å². The number of aromatic nitrogens is 1. The van der Waals surface area contributed by atoms with E-state index in [0.717, 1.165) is 23.7 Å². The summed E-state index contributed by atoms with van der Waals surface area (Å²) in [5.74, 6) is 0.230. The first kappa shape index (κ1) is 16.6. The average molecular weight is 380 g/mol. The maximum atomic E-state index is 12.3. The number of nitrogens with one attached hydrogen (secondary N) is 1. The molecule has 0 aliphatic carbocycles. The monoisotopic (exact) mass is 380 g/mol. The van der Waals surface area contributed by atoms with Crippen LogP contribution in [-0.2, 0) is 9.84 Å². The van der Waals surface area contributed by atoms with Gasteiger partial charge in [0.2, 0.25) is 0 Å². The number of carbonyl (C=O) groups is 1. The predicted octanol–water partition coefficient (Wildman–Crippen LogP) is 1.32. The van der Waals surface area contributed by atoms with Crippen molar-refractivity contribution in [3.63, 3.8) is 0 Å². The van der Waals surface area contributed by atoms with E-state index in [1.807, 2.05) is 18.2 Å². The molecule has 4 rings (SSSR count). The molecule has 7 nitrogen and oxygen atoms in total. The van der Waals surface area contributed by atoms with Crippen LogP contribution in [0.5, 0.6) is 0 Å². The summed E-state index contributed by atoms with van der Waals surface area (Å²) in [5.41, 5.74) is 1.00. The molecule has 25 heavy (non-hydrogen) atoms. The Balaban J connectivity index is 1.34. The summed E-state index contributed by atoms with van der Waals surface area (Å²) >= 11 is 1.67. The Morgan fingerprint density at radius 3 is 2.64 bits per heavy atom. The number of fused-ring (bicyclic) bond motifs is 1. The highest BCUT2D eigenvalue weighted by Gasteiger charge is 2.31. The lowest BCUT2D eigenvalue weighted by Gasteiger charge is -2.35. The molecule has 0 spiro atoms. The van der Waals surface area contributed by atoms with Crippen molar-refractivity contribution < 1.29 is 13.2 Å². The number of rotatable bonds is 2. The largest absolute Gasteiger partial charge is 0.345 e. The van der Waals surface area contributed by atoms with Gasteiger partial charge in [0, 0.05) is 32.2 Å². The minimum atomic E-state index is -2.98. The lowest BCUT2D eigenvalue weighted by Crippen LogP contribution is -2.53. The van der Waals surface area contributed by atoms with Crippen LogP contribution in [0.25, 0.3) is 10.2 Å². The van der Waals surface area contributed by atoms with Crippen LogP contribution >= 0.6 is 11.3 Å². The van der Waals surface area contributed by atoms with Crippen LogP contribution in [0.2, 0.25) is 0 Å². The fraction of sp³-hybridized carbons (Fsp3) is 0.500. The highest BCUT2D eigenvalue weighted by molar-refractivity contribution is 7.91. The highest BCUT2D eigenvalue weighted by atomic mass is 32.2. The van der Waals surface area contributed by atoms with Gasteiger partial charge >= 0.3 is 6.03 Å². The zero-order chi connectivity index (χ0) is 17.4. The van der Waals surface area contributed by atoms with Crippen molar-refractivity contribution in [2.45, 2.75) is 12.5 Å². The number of sulfone groups is 1. The second kappa shape index (κ2) is 6.45. The Morgan fingerprint density at radius 2 is 1.96 bits per heavy atom. The van der Waals surface area contributed by atoms with Gasteiger partial charge in [-0.3, -0.25) is 0 Å². The second-order valence-corrected chi connectivity index (χ2v) is 9.73. The zero-order valence-corrected chi connectivity index (χ0v) is 15.4. The molecule has 0 radical (unpaired) electrons. The number of thiazole rings is 1. The van der Waals surface area contributed by atoms with E-state index in [0.29, 0.717) is 19.5 Å². The summed E-state index contributed by atoms with van der Waals surface area (Å²) in [7, 11) is -2.98. The van der Waals surface area contributed by atoms with Gasteiger partial charge in [-0.05, 0) is 18.6 Å². The number of piperazine rings is 1. The number of nitrogens with zero attached hydrogens (tertiary/aromatic N) is 3. The molecule has 0 saturated carbocycles. The van der Waals surface area contributed by atoms with Crippen molar-refractivity contribution in [3.05, 3.63) is 24.3 Å². The van der Waals surface area contributed by atoms with Gasteiger partial charge in [-0.15, -0.1) is 0 Å². The molecule has 1 atom stereocenters. The van der Waals surface area contributed by atoms with Crippen LogP contribution in [0.4, 0.5) is 9.93 Å². The number of anilines is 1. The summed E-state index contributed by atoms with van der Waals surface area (Å²) < 4.78 is 24.2. The van der Waals surface area contributed by atoms with E-state index in [-0.39, 0.29) is 23.6 Å². The van der Waals surface area contributed by atoms with Crippen molar-refractivity contribution in [1.82, 2.24) is 15.2 Å². The van der Waals surface area contributed by atoms with Gasteiger partial charge in [0.25, 0.3) is 0 Å². The number of para-hydroxylation sites is 1. The normalized spacial score (nSPS) is 23.1. The molecule has 3 heterocycles. The summed E-state index contributed by atoms with van der Waals surface area (Å²) in [6.45, 7) is 2.69. The number of hydrogen-bond donors (Lipinski definition) is 1. The van der Waals surface area contributed by atoms with Gasteiger partial charge in [0.15, 0.2) is 15.0 Å². The van der Waals surface area contributed by atoms with Crippen LogP contribution in [0.1, 0.15) is 6.42 Å². The number of amides is 2. The lowest BCUT2D eigenvalue weighted by molar-refractivity contribution is 0.191. The van der Waals surface area contributed by atoms with Crippen LogP contribution in [0, 0.1) is 0 Å². The third-order valence-corrected chi connectivity index (χ3v) is 7.55. The third kappa shape index (κ3) is 3.57. The molecular weight excluding hydrogens is 360 g/mol. The SMILES string of the molecule is O=C(NC1CCS(=O)(=O)C1)N1CCN(c2nc3ccccc3s2)CC1. The molecular formula is C16H20N4O3S2. The van der Waals surface area contributed by atoms with Crippen molar-refractivity contribution >= 4 is 42.6 Å². The third-order valence-electron chi connectivity index (χ3n) is 4.68. The first-order chi connectivity index (χ1) is 12.0. The van der Waals surface area contributed by atoms with Crippen molar-refractivity contribution in [1.29, 1.82) is 0 Å². The van der Waals surface area contributed by atoms with E-state index in [1.165, 1.54) is 4.70 Å². The molecule has 2 aromatic rings. The number of urea groups is 1. The molecule has 1 unspecified atom stereocenters. The van der Waals surface area contributed by atoms with Gasteiger partial charge in [-0.2, -0.15) is 0 Å². The smallest absolute Gasteiger partial charge is 0.317 e. The molecule has 1 aromatic heterocycles. The van der Waals surface area contributed by atoms with Crippen molar-refractivity contribution in [3.8, 4) is 0 Å². The van der Waals surface area contributed by atoms with E-state index >= 15 is 0 Å². The summed E-state index contributed by atoms with van der Waals surface area (Å²) in [4.78, 5) is 21.0. The molecule has 2 aliphatic heterocycles. The Hall–Kier alpha value is -1.87. The lowest BCUT2D eigenvalue weighted by atomic mass is 10.2. The Morgan fingerprint density at radius 1 is 1.20 bits per heavy atom. The van der Waals surface area contributed by atoms with E-state index in [9.17, 15) is 13.2 Å². The fourth-order valence-corrected chi connectivity index (χ4v) is 5.96. The van der Waals surface area contributed by atoms with Crippen molar-refractivity contribution in [2.24, 2.45) is 0 Å². The molecule has 1 aromatic carbocycles. The maximum Gasteiger partial charge on any atom is 0.317 e. The molecule has 134 valence electrons. The Labute approximate surface area is 150 Å². The summed E-state index contributed by atoms with van der Waals surface area (Å²) in [6.07, 6.45) is 0.514. The summed E-state index contributed by atoms with van der Waals surface area (Å²) in [6, 6.07) is 7.66. The number of hydrogen-bond acceptors (Lipinski definition) is 6. The minimum Gasteiger partial charge on any atom is -0.345 e. The highest BCUT2D eigenvalue weighted by Crippen LogP contribution is 2.29. The quantitative estimate of drug-likeness (QED) is 0.850. The van der Waals surface area contributed by atoms with E-state index in [4.69, 9.17) is 0 Å². The molecule has 1 N–H and O–H groups in total. The van der Waals surface area contributed by atoms with Crippen molar-refractivity contribution in [2.75, 3.05) is 42.6 Å². The summed E-state index contributed by atoms with van der Waals surface area (Å²) in [5, 5.41) is 3.85. The molecule has 2 aliphatic rings. The van der Waals surface area contributed by atoms with Crippen LogP contribution in [0.3, 0.4) is 0 Å². The molecule has 9 heteroatoms. The maximum absolute atomic E-state index is 12.3. The minimum absolute atomic E-state index is 0.0599. The molecule has 2 fully saturated rings. The average Bonchev–Trinajstić information content (AvgIpc) is 3.18. The van der Waals surface area contributed by atoms with E-state index in [2.05, 4.69) is 21.3 Å². The van der Waals surface area contributed by atoms with Gasteiger partial charge < -0.3 is 15.1 Å². The molecule has 0 bridgehead atoms. The molecule has 2 saturated heterocycles. The Bertz CT molecular complexity index is 855. The number of benzene rings is 1. The predicted molar refractivity (Wildman–Crippen MR) is 99.0 cm³/mol.